The van der Waals surface area contributed by atoms with Crippen molar-refractivity contribution in [2.75, 3.05) is 39.5 Å². The summed E-state index contributed by atoms with van der Waals surface area (Å²) in [6, 6.07) is 0.879. The zero-order valence-electron chi connectivity index (χ0n) is 12.9. The van der Waals surface area contributed by atoms with Crippen molar-refractivity contribution >= 4 is 5.91 Å². The third-order valence-corrected chi connectivity index (χ3v) is 4.77. The predicted molar refractivity (Wildman–Crippen MR) is 79.9 cm³/mol. The van der Waals surface area contributed by atoms with Crippen molar-refractivity contribution in [2.45, 2.75) is 44.7 Å². The van der Waals surface area contributed by atoms with Gasteiger partial charge in [-0.05, 0) is 38.7 Å². The van der Waals surface area contributed by atoms with Gasteiger partial charge in [0.1, 0.15) is 0 Å². The normalized spacial score (nSPS) is 28.9. The van der Waals surface area contributed by atoms with E-state index in [-0.39, 0.29) is 11.9 Å². The number of ether oxygens (including phenoxy) is 2. The van der Waals surface area contributed by atoms with Gasteiger partial charge in [-0.15, -0.1) is 0 Å². The summed E-state index contributed by atoms with van der Waals surface area (Å²) in [5.41, 5.74) is 0. The molecule has 1 amide bonds. The molecule has 5 heteroatoms. The van der Waals surface area contributed by atoms with Crippen molar-refractivity contribution in [2.24, 2.45) is 0 Å². The Morgan fingerprint density at radius 1 is 1.24 bits per heavy atom. The number of hydrogen-bond donors (Lipinski definition) is 0. The molecule has 0 aromatic rings. The Labute approximate surface area is 126 Å². The van der Waals surface area contributed by atoms with Crippen LogP contribution in [0.5, 0.6) is 0 Å². The van der Waals surface area contributed by atoms with E-state index in [0.717, 1.165) is 58.5 Å². The van der Waals surface area contributed by atoms with Gasteiger partial charge in [0.25, 0.3) is 5.91 Å². The second kappa shape index (κ2) is 6.79. The number of rotatable bonds is 2. The number of amides is 1. The minimum Gasteiger partial charge on any atom is -0.488 e. The Bertz CT molecular complexity index is 404. The Morgan fingerprint density at radius 2 is 2.05 bits per heavy atom. The van der Waals surface area contributed by atoms with Crippen LogP contribution in [0.3, 0.4) is 0 Å². The Kier molecular flexibility index (Phi) is 4.80. The summed E-state index contributed by atoms with van der Waals surface area (Å²) in [7, 11) is 0. The first-order valence-corrected chi connectivity index (χ1v) is 8.21. The van der Waals surface area contributed by atoms with Crippen LogP contribution in [0.2, 0.25) is 0 Å². The van der Waals surface area contributed by atoms with Crippen LogP contribution in [-0.4, -0.2) is 67.2 Å². The molecule has 0 saturated carbocycles. The van der Waals surface area contributed by atoms with Gasteiger partial charge >= 0.3 is 0 Å². The van der Waals surface area contributed by atoms with Gasteiger partial charge in [0, 0.05) is 44.9 Å². The molecule has 5 nitrogen and oxygen atoms in total. The van der Waals surface area contributed by atoms with Gasteiger partial charge < -0.3 is 14.4 Å². The highest BCUT2D eigenvalue weighted by molar-refractivity contribution is 5.91. The van der Waals surface area contributed by atoms with Crippen LogP contribution < -0.4 is 0 Å². The van der Waals surface area contributed by atoms with Gasteiger partial charge in [-0.1, -0.05) is 0 Å². The van der Waals surface area contributed by atoms with Crippen molar-refractivity contribution in [3.05, 3.63) is 11.8 Å². The number of allylic oxidation sites excluding steroid dienone is 1. The quantitative estimate of drug-likeness (QED) is 0.772. The van der Waals surface area contributed by atoms with Gasteiger partial charge in [-0.25, -0.2) is 0 Å². The number of carbonyl (C=O) groups is 1. The van der Waals surface area contributed by atoms with Gasteiger partial charge in [0.2, 0.25) is 0 Å². The van der Waals surface area contributed by atoms with Crippen LogP contribution >= 0.6 is 0 Å². The summed E-state index contributed by atoms with van der Waals surface area (Å²) in [5, 5.41) is 0. The molecule has 0 aliphatic carbocycles. The maximum Gasteiger partial charge on any atom is 0.288 e. The molecule has 0 bridgehead atoms. The van der Waals surface area contributed by atoms with Crippen LogP contribution in [0.15, 0.2) is 11.8 Å². The fraction of sp³-hybridized carbons (Fsp3) is 0.812. The first-order chi connectivity index (χ1) is 10.3. The van der Waals surface area contributed by atoms with E-state index >= 15 is 0 Å². The first-order valence-electron chi connectivity index (χ1n) is 8.21. The van der Waals surface area contributed by atoms with E-state index in [4.69, 9.17) is 9.47 Å². The fourth-order valence-corrected chi connectivity index (χ4v) is 3.52. The van der Waals surface area contributed by atoms with E-state index in [1.54, 1.807) is 0 Å². The topological polar surface area (TPSA) is 42.0 Å². The molecular weight excluding hydrogens is 268 g/mol. The third-order valence-electron chi connectivity index (χ3n) is 4.77. The fourth-order valence-electron chi connectivity index (χ4n) is 3.52. The van der Waals surface area contributed by atoms with Crippen LogP contribution in [0, 0.1) is 0 Å². The van der Waals surface area contributed by atoms with Gasteiger partial charge in [-0.2, -0.15) is 0 Å². The molecule has 0 radical (unpaired) electrons. The second-order valence-corrected chi connectivity index (χ2v) is 6.25. The van der Waals surface area contributed by atoms with Crippen molar-refractivity contribution in [1.29, 1.82) is 0 Å². The Morgan fingerprint density at radius 3 is 2.71 bits per heavy atom. The zero-order valence-corrected chi connectivity index (χ0v) is 12.9. The van der Waals surface area contributed by atoms with Crippen LogP contribution in [0.25, 0.3) is 0 Å². The highest BCUT2D eigenvalue weighted by Crippen LogP contribution is 2.21. The van der Waals surface area contributed by atoms with Crippen molar-refractivity contribution in [1.82, 2.24) is 9.80 Å². The van der Waals surface area contributed by atoms with E-state index < -0.39 is 0 Å². The number of piperazine rings is 1. The maximum atomic E-state index is 12.5. The summed E-state index contributed by atoms with van der Waals surface area (Å²) in [5.74, 6) is 0.640. The molecule has 3 heterocycles. The van der Waals surface area contributed by atoms with Gasteiger partial charge in [0.05, 0.1) is 6.61 Å². The molecule has 0 N–H and O–H groups in total. The molecular formula is C16H26N2O3. The molecule has 118 valence electrons. The lowest BCUT2D eigenvalue weighted by Crippen LogP contribution is -2.57. The summed E-state index contributed by atoms with van der Waals surface area (Å²) in [4.78, 5) is 17.1. The molecule has 0 unspecified atom stereocenters. The summed E-state index contributed by atoms with van der Waals surface area (Å²) in [6.45, 7) is 7.30. The number of carbonyl (C=O) groups excluding carboxylic acids is 1. The first kappa shape index (κ1) is 14.9. The molecule has 0 aromatic carbocycles. The molecule has 1 atom stereocenters. The Balaban J connectivity index is 1.57. The molecule has 2 saturated heterocycles. The van der Waals surface area contributed by atoms with Crippen molar-refractivity contribution < 1.29 is 14.3 Å². The molecule has 0 aromatic heterocycles. The van der Waals surface area contributed by atoms with Crippen molar-refractivity contribution in [3.63, 3.8) is 0 Å². The highest BCUT2D eigenvalue weighted by Gasteiger charge is 2.33. The van der Waals surface area contributed by atoms with E-state index in [2.05, 4.69) is 11.8 Å². The van der Waals surface area contributed by atoms with Gasteiger partial charge in [-0.3, -0.25) is 9.69 Å². The molecule has 3 aliphatic heterocycles. The van der Waals surface area contributed by atoms with Crippen LogP contribution in [0.4, 0.5) is 0 Å². The molecule has 0 spiro atoms. The number of hydrogen-bond acceptors (Lipinski definition) is 4. The van der Waals surface area contributed by atoms with E-state index in [0.29, 0.717) is 18.4 Å². The zero-order chi connectivity index (χ0) is 14.7. The number of nitrogens with zero attached hydrogens (tertiary/aromatic N) is 2. The molecule has 2 fully saturated rings. The minimum atomic E-state index is 0.0776. The summed E-state index contributed by atoms with van der Waals surface area (Å²) < 4.78 is 11.0. The predicted octanol–water partition coefficient (Wildman–Crippen LogP) is 1.39. The van der Waals surface area contributed by atoms with E-state index in [1.165, 1.54) is 0 Å². The second-order valence-electron chi connectivity index (χ2n) is 6.25. The standard InChI is InChI=1S/C16H26N2O3/c1-13-12-17(14-5-10-20-11-6-14)7-8-18(13)16(19)15-4-2-3-9-21-15/h4,13-14H,2-3,5-12H2,1H3/t13-/m1/s1. The lowest BCUT2D eigenvalue weighted by Gasteiger charge is -2.44. The summed E-state index contributed by atoms with van der Waals surface area (Å²) in [6.07, 6.45) is 6.16. The maximum absolute atomic E-state index is 12.5. The molecule has 3 aliphatic rings. The Hall–Kier alpha value is -1.07. The molecule has 21 heavy (non-hydrogen) atoms. The van der Waals surface area contributed by atoms with E-state index in [1.807, 2.05) is 11.0 Å². The SMILES string of the molecule is C[C@@H]1CN(C2CCOCC2)CCN1C(=O)C1=CCCCO1. The van der Waals surface area contributed by atoms with Gasteiger partial charge in [0.15, 0.2) is 5.76 Å². The van der Waals surface area contributed by atoms with E-state index in [9.17, 15) is 4.79 Å². The highest BCUT2D eigenvalue weighted by atomic mass is 16.5. The molecule has 3 rings (SSSR count). The average molecular weight is 294 g/mol. The third kappa shape index (κ3) is 3.40. The van der Waals surface area contributed by atoms with Crippen molar-refractivity contribution in [3.8, 4) is 0 Å². The van der Waals surface area contributed by atoms with Crippen LogP contribution in [0.1, 0.15) is 32.6 Å². The minimum absolute atomic E-state index is 0.0776. The largest absolute Gasteiger partial charge is 0.488 e. The average Bonchev–Trinajstić information content (AvgIpc) is 2.56. The summed E-state index contributed by atoms with van der Waals surface area (Å²) >= 11 is 0. The lowest BCUT2D eigenvalue weighted by atomic mass is 10.0. The monoisotopic (exact) mass is 294 g/mol. The van der Waals surface area contributed by atoms with Crippen LogP contribution in [-0.2, 0) is 14.3 Å². The smallest absolute Gasteiger partial charge is 0.288 e. The lowest BCUT2D eigenvalue weighted by molar-refractivity contribution is -0.136.